The van der Waals surface area contributed by atoms with Crippen molar-refractivity contribution in [2.24, 2.45) is 0 Å². The summed E-state index contributed by atoms with van der Waals surface area (Å²) in [4.78, 5) is 14.4. The summed E-state index contributed by atoms with van der Waals surface area (Å²) >= 11 is 0. The van der Waals surface area contributed by atoms with Crippen LogP contribution in [0.4, 0.5) is 15.8 Å². The van der Waals surface area contributed by atoms with E-state index in [1.54, 1.807) is 18.2 Å². The molecule has 150 valence electrons. The standard InChI is InChI=1S/C19H16FN3O5S/c1-29(26,27)17-7-3-6-16(19(17)23(24)25)21-11-13-8-9-18(22-12-13)28-15-5-2-4-14(20)10-15/h2-10,12,21H,11H2,1H3. The molecule has 0 aliphatic rings. The number of sulfone groups is 1. The highest BCUT2D eigenvalue weighted by Crippen LogP contribution is 2.32. The summed E-state index contributed by atoms with van der Waals surface area (Å²) in [7, 11) is -3.76. The lowest BCUT2D eigenvalue weighted by atomic mass is 10.2. The molecule has 8 nitrogen and oxygen atoms in total. The van der Waals surface area contributed by atoms with Crippen LogP contribution in [0.15, 0.2) is 65.7 Å². The molecular formula is C19H16FN3O5S. The van der Waals surface area contributed by atoms with E-state index in [9.17, 15) is 22.9 Å². The molecule has 0 bridgehead atoms. The Bertz CT molecular complexity index is 1150. The molecule has 1 heterocycles. The molecule has 10 heteroatoms. The van der Waals surface area contributed by atoms with Crippen molar-refractivity contribution in [2.45, 2.75) is 11.4 Å². The van der Waals surface area contributed by atoms with Gasteiger partial charge in [-0.3, -0.25) is 10.1 Å². The minimum absolute atomic E-state index is 0.0815. The van der Waals surface area contributed by atoms with Crippen LogP contribution in [0.25, 0.3) is 0 Å². The smallest absolute Gasteiger partial charge is 0.310 e. The van der Waals surface area contributed by atoms with E-state index in [-0.39, 0.29) is 23.0 Å². The summed E-state index contributed by atoms with van der Waals surface area (Å²) in [5.74, 6) is 0.127. The van der Waals surface area contributed by atoms with Crippen LogP contribution in [0.1, 0.15) is 5.56 Å². The predicted octanol–water partition coefficient (Wildman–Crippen LogP) is 3.94. The third kappa shape index (κ3) is 5.05. The van der Waals surface area contributed by atoms with Gasteiger partial charge >= 0.3 is 5.69 Å². The summed E-state index contributed by atoms with van der Waals surface area (Å²) < 4.78 is 42.3. The number of nitrogens with one attached hydrogen (secondary N) is 1. The Morgan fingerprint density at radius 1 is 1.17 bits per heavy atom. The molecule has 0 unspecified atom stereocenters. The van der Waals surface area contributed by atoms with Gasteiger partial charge < -0.3 is 10.1 Å². The summed E-state index contributed by atoms with van der Waals surface area (Å²) in [5, 5.41) is 14.3. The molecule has 0 amide bonds. The van der Waals surface area contributed by atoms with Crippen LogP contribution in [-0.2, 0) is 16.4 Å². The first kappa shape index (κ1) is 20.2. The van der Waals surface area contributed by atoms with Crippen LogP contribution in [-0.4, -0.2) is 24.6 Å². The third-order valence-electron chi connectivity index (χ3n) is 3.88. The molecule has 1 N–H and O–H groups in total. The first-order valence-corrected chi connectivity index (χ1v) is 10.2. The maximum atomic E-state index is 13.2. The molecule has 0 aliphatic heterocycles. The zero-order valence-electron chi connectivity index (χ0n) is 15.2. The van der Waals surface area contributed by atoms with Gasteiger partial charge in [-0.15, -0.1) is 0 Å². The van der Waals surface area contributed by atoms with Gasteiger partial charge in [0.15, 0.2) is 9.84 Å². The monoisotopic (exact) mass is 417 g/mol. The number of anilines is 1. The van der Waals surface area contributed by atoms with E-state index in [1.165, 1.54) is 42.6 Å². The number of para-hydroxylation sites is 1. The van der Waals surface area contributed by atoms with Crippen LogP contribution in [0.2, 0.25) is 0 Å². The Morgan fingerprint density at radius 2 is 1.93 bits per heavy atom. The Hall–Kier alpha value is -3.53. The first-order chi connectivity index (χ1) is 13.7. The van der Waals surface area contributed by atoms with Crippen LogP contribution in [0.5, 0.6) is 11.6 Å². The minimum Gasteiger partial charge on any atom is -0.439 e. The van der Waals surface area contributed by atoms with Crippen LogP contribution < -0.4 is 10.1 Å². The van der Waals surface area contributed by atoms with Crippen LogP contribution >= 0.6 is 0 Å². The Morgan fingerprint density at radius 3 is 2.55 bits per heavy atom. The molecule has 0 saturated heterocycles. The van der Waals surface area contributed by atoms with E-state index < -0.39 is 26.3 Å². The molecule has 3 aromatic rings. The molecule has 29 heavy (non-hydrogen) atoms. The average molecular weight is 417 g/mol. The van der Waals surface area contributed by atoms with Gasteiger partial charge in [0, 0.05) is 31.1 Å². The van der Waals surface area contributed by atoms with Crippen molar-refractivity contribution in [3.63, 3.8) is 0 Å². The second-order valence-electron chi connectivity index (χ2n) is 6.10. The number of nitrogens with zero attached hydrogens (tertiary/aromatic N) is 2. The van der Waals surface area contributed by atoms with Gasteiger partial charge in [0.2, 0.25) is 5.88 Å². The second-order valence-corrected chi connectivity index (χ2v) is 8.08. The van der Waals surface area contributed by atoms with Gasteiger partial charge in [-0.1, -0.05) is 18.2 Å². The Balaban J connectivity index is 1.74. The average Bonchev–Trinajstić information content (AvgIpc) is 2.66. The highest BCUT2D eigenvalue weighted by atomic mass is 32.2. The predicted molar refractivity (Wildman–Crippen MR) is 104 cm³/mol. The maximum absolute atomic E-state index is 13.2. The fourth-order valence-electron chi connectivity index (χ4n) is 2.58. The number of ether oxygens (including phenoxy) is 1. The van der Waals surface area contributed by atoms with Gasteiger partial charge in [0.25, 0.3) is 0 Å². The number of benzene rings is 2. The number of rotatable bonds is 7. The van der Waals surface area contributed by atoms with Gasteiger partial charge in [0.1, 0.15) is 22.1 Å². The molecule has 0 atom stereocenters. The summed E-state index contributed by atoms with van der Waals surface area (Å²) in [6.45, 7) is 0.168. The topological polar surface area (TPSA) is 111 Å². The zero-order chi connectivity index (χ0) is 21.0. The van der Waals surface area contributed by atoms with Crippen molar-refractivity contribution >= 4 is 21.2 Å². The summed E-state index contributed by atoms with van der Waals surface area (Å²) in [6, 6.07) is 12.9. The lowest BCUT2D eigenvalue weighted by Crippen LogP contribution is -2.08. The van der Waals surface area contributed by atoms with Gasteiger partial charge in [-0.25, -0.2) is 17.8 Å². The number of nitro groups is 1. The highest BCUT2D eigenvalue weighted by molar-refractivity contribution is 7.90. The molecule has 0 spiro atoms. The van der Waals surface area contributed by atoms with E-state index in [1.807, 2.05) is 0 Å². The first-order valence-electron chi connectivity index (χ1n) is 8.34. The SMILES string of the molecule is CS(=O)(=O)c1cccc(NCc2ccc(Oc3cccc(F)c3)nc2)c1[N+](=O)[O-]. The van der Waals surface area contributed by atoms with E-state index in [0.717, 1.165) is 6.26 Å². The molecule has 0 fully saturated rings. The van der Waals surface area contributed by atoms with E-state index >= 15 is 0 Å². The Labute approximate surface area is 166 Å². The maximum Gasteiger partial charge on any atom is 0.310 e. The zero-order valence-corrected chi connectivity index (χ0v) is 16.0. The van der Waals surface area contributed by atoms with Crippen molar-refractivity contribution in [3.05, 3.63) is 82.3 Å². The summed E-state index contributed by atoms with van der Waals surface area (Å²) in [6.07, 6.45) is 2.41. The quantitative estimate of drug-likeness (QED) is 0.458. The van der Waals surface area contributed by atoms with Crippen molar-refractivity contribution in [1.82, 2.24) is 4.98 Å². The number of hydrogen-bond acceptors (Lipinski definition) is 7. The number of nitro benzene ring substituents is 1. The Kier molecular flexibility index (Phi) is 5.74. The molecular weight excluding hydrogens is 401 g/mol. The molecule has 0 radical (unpaired) electrons. The molecule has 0 aliphatic carbocycles. The molecule has 2 aromatic carbocycles. The molecule has 0 saturated carbocycles. The summed E-state index contributed by atoms with van der Waals surface area (Å²) in [5.41, 5.74) is 0.252. The number of hydrogen-bond donors (Lipinski definition) is 1. The fourth-order valence-corrected chi connectivity index (χ4v) is 3.44. The normalized spacial score (nSPS) is 11.1. The van der Waals surface area contributed by atoms with Crippen molar-refractivity contribution < 1.29 is 22.5 Å². The lowest BCUT2D eigenvalue weighted by Gasteiger charge is -2.10. The number of pyridine rings is 1. The van der Waals surface area contributed by atoms with Gasteiger partial charge in [-0.2, -0.15) is 0 Å². The van der Waals surface area contributed by atoms with Crippen molar-refractivity contribution in [2.75, 3.05) is 11.6 Å². The lowest BCUT2D eigenvalue weighted by molar-refractivity contribution is -0.386. The third-order valence-corrected chi connectivity index (χ3v) is 5.01. The highest BCUT2D eigenvalue weighted by Gasteiger charge is 2.25. The number of aromatic nitrogens is 1. The molecule has 1 aromatic heterocycles. The van der Waals surface area contributed by atoms with Crippen LogP contribution in [0.3, 0.4) is 0 Å². The van der Waals surface area contributed by atoms with Crippen molar-refractivity contribution in [1.29, 1.82) is 0 Å². The molecule has 3 rings (SSSR count). The second kappa shape index (κ2) is 8.23. The van der Waals surface area contributed by atoms with E-state index in [2.05, 4.69) is 10.3 Å². The number of halogens is 1. The van der Waals surface area contributed by atoms with E-state index in [0.29, 0.717) is 11.3 Å². The van der Waals surface area contributed by atoms with E-state index in [4.69, 9.17) is 4.74 Å². The van der Waals surface area contributed by atoms with Gasteiger partial charge in [-0.05, 0) is 29.8 Å². The van der Waals surface area contributed by atoms with Crippen molar-refractivity contribution in [3.8, 4) is 11.6 Å². The minimum atomic E-state index is -3.76. The largest absolute Gasteiger partial charge is 0.439 e. The van der Waals surface area contributed by atoms with Gasteiger partial charge in [0.05, 0.1) is 4.92 Å². The van der Waals surface area contributed by atoms with Crippen LogP contribution in [0, 0.1) is 15.9 Å². The fraction of sp³-hybridized carbons (Fsp3) is 0.105.